The second kappa shape index (κ2) is 4.94. The molecule has 0 radical (unpaired) electrons. The highest BCUT2D eigenvalue weighted by Crippen LogP contribution is 2.18. The summed E-state index contributed by atoms with van der Waals surface area (Å²) in [6, 6.07) is 7.98. The highest BCUT2D eigenvalue weighted by atomic mass is 16.3. The van der Waals surface area contributed by atoms with E-state index in [-0.39, 0.29) is 0 Å². The summed E-state index contributed by atoms with van der Waals surface area (Å²) in [6.07, 6.45) is -0.511. The second-order valence-corrected chi connectivity index (χ2v) is 4.90. The fourth-order valence-electron chi connectivity index (χ4n) is 2.02. The molecule has 0 bridgehead atoms. The molecule has 2 rings (SSSR count). The van der Waals surface area contributed by atoms with Crippen molar-refractivity contribution >= 4 is 0 Å². The highest BCUT2D eigenvalue weighted by Gasteiger charge is 2.13. The number of rotatable bonds is 3. The Labute approximate surface area is 108 Å². The van der Waals surface area contributed by atoms with E-state index in [1.54, 1.807) is 0 Å². The van der Waals surface area contributed by atoms with Crippen LogP contribution >= 0.6 is 0 Å². The quantitative estimate of drug-likeness (QED) is 0.901. The van der Waals surface area contributed by atoms with Gasteiger partial charge < -0.3 is 5.11 Å². The summed E-state index contributed by atoms with van der Waals surface area (Å²) >= 11 is 0. The molecule has 0 saturated carbocycles. The Morgan fingerprint density at radius 1 is 1.11 bits per heavy atom. The molecule has 0 spiro atoms. The maximum atomic E-state index is 10.2. The molecule has 1 heterocycles. The molecule has 1 atom stereocenters. The molecular formula is C15H20N2O. The van der Waals surface area contributed by atoms with Crippen LogP contribution in [0.5, 0.6) is 0 Å². The van der Waals surface area contributed by atoms with Gasteiger partial charge in [-0.05, 0) is 38.8 Å². The third kappa shape index (κ3) is 2.46. The minimum Gasteiger partial charge on any atom is -0.386 e. The summed E-state index contributed by atoms with van der Waals surface area (Å²) in [6.45, 7) is 8.64. The Morgan fingerprint density at radius 3 is 2.22 bits per heavy atom. The van der Waals surface area contributed by atoms with Gasteiger partial charge in [-0.2, -0.15) is 5.10 Å². The number of hydrogen-bond donors (Lipinski definition) is 1. The lowest BCUT2D eigenvalue weighted by Crippen LogP contribution is -2.11. The van der Waals surface area contributed by atoms with Gasteiger partial charge in [-0.3, -0.25) is 4.68 Å². The summed E-state index contributed by atoms with van der Waals surface area (Å²) in [7, 11) is 0. The van der Waals surface area contributed by atoms with Crippen LogP contribution in [0.3, 0.4) is 0 Å². The van der Waals surface area contributed by atoms with E-state index < -0.39 is 6.10 Å². The number of hydrogen-bond acceptors (Lipinski definition) is 2. The zero-order valence-electron chi connectivity index (χ0n) is 11.4. The van der Waals surface area contributed by atoms with Crippen LogP contribution in [0.1, 0.15) is 34.2 Å². The van der Waals surface area contributed by atoms with Gasteiger partial charge >= 0.3 is 0 Å². The van der Waals surface area contributed by atoms with Crippen molar-refractivity contribution in [3.8, 4) is 0 Å². The predicted molar refractivity (Wildman–Crippen MR) is 72.6 cm³/mol. The van der Waals surface area contributed by atoms with Gasteiger partial charge in [0, 0.05) is 5.69 Å². The summed E-state index contributed by atoms with van der Waals surface area (Å²) < 4.78 is 1.88. The smallest absolute Gasteiger partial charge is 0.0985 e. The average molecular weight is 244 g/mol. The average Bonchev–Trinajstić information content (AvgIpc) is 2.58. The van der Waals surface area contributed by atoms with Crippen molar-refractivity contribution in [2.45, 2.75) is 40.3 Å². The van der Waals surface area contributed by atoms with Gasteiger partial charge in [0.05, 0.1) is 18.3 Å². The van der Waals surface area contributed by atoms with Crippen LogP contribution in [-0.2, 0) is 6.54 Å². The summed E-state index contributed by atoms with van der Waals surface area (Å²) in [5, 5.41) is 14.7. The van der Waals surface area contributed by atoms with Crippen LogP contribution in [-0.4, -0.2) is 14.9 Å². The summed E-state index contributed by atoms with van der Waals surface area (Å²) in [4.78, 5) is 0. The van der Waals surface area contributed by atoms with E-state index in [1.165, 1.54) is 11.1 Å². The van der Waals surface area contributed by atoms with Crippen molar-refractivity contribution < 1.29 is 5.11 Å². The predicted octanol–water partition coefficient (Wildman–Crippen LogP) is 2.85. The van der Waals surface area contributed by atoms with Gasteiger partial charge in [-0.25, -0.2) is 0 Å². The molecular weight excluding hydrogens is 224 g/mol. The zero-order chi connectivity index (χ0) is 13.3. The molecule has 3 heteroatoms. The van der Waals surface area contributed by atoms with Crippen molar-refractivity contribution in [2.75, 3.05) is 0 Å². The van der Waals surface area contributed by atoms with Crippen molar-refractivity contribution in [2.24, 2.45) is 0 Å². The second-order valence-electron chi connectivity index (χ2n) is 4.90. The van der Waals surface area contributed by atoms with Crippen LogP contribution < -0.4 is 0 Å². The van der Waals surface area contributed by atoms with Gasteiger partial charge in [-0.15, -0.1) is 0 Å². The Balaban J connectivity index is 2.18. The van der Waals surface area contributed by atoms with Crippen LogP contribution in [0, 0.1) is 27.7 Å². The molecule has 1 aromatic heterocycles. The Morgan fingerprint density at radius 2 is 1.72 bits per heavy atom. The molecule has 96 valence electrons. The minimum absolute atomic E-state index is 0.504. The largest absolute Gasteiger partial charge is 0.386 e. The molecule has 1 aromatic carbocycles. The first-order valence-electron chi connectivity index (χ1n) is 6.24. The van der Waals surface area contributed by atoms with Crippen LogP contribution in [0.4, 0.5) is 0 Å². The molecule has 0 fully saturated rings. The maximum Gasteiger partial charge on any atom is 0.0985 e. The standard InChI is InChI=1S/C15H20N2O/c1-10-5-7-14(8-6-10)15(18)9-17-13(4)11(2)12(3)16-17/h5-8,15,18H,9H2,1-4H3. The highest BCUT2D eigenvalue weighted by molar-refractivity contribution is 5.24. The number of aliphatic hydroxyl groups excluding tert-OH is 1. The van der Waals surface area contributed by atoms with E-state index in [2.05, 4.69) is 12.0 Å². The van der Waals surface area contributed by atoms with Crippen molar-refractivity contribution in [1.82, 2.24) is 9.78 Å². The Kier molecular flexibility index (Phi) is 3.53. The number of nitrogens with zero attached hydrogens (tertiary/aromatic N) is 2. The Bertz CT molecular complexity index is 540. The molecule has 18 heavy (non-hydrogen) atoms. The third-order valence-corrected chi connectivity index (χ3v) is 3.55. The molecule has 0 saturated heterocycles. The SMILES string of the molecule is Cc1ccc(C(O)Cn2nc(C)c(C)c2C)cc1. The van der Waals surface area contributed by atoms with Crippen LogP contribution in [0.15, 0.2) is 24.3 Å². The van der Waals surface area contributed by atoms with Gasteiger partial charge in [0.25, 0.3) is 0 Å². The first-order valence-corrected chi connectivity index (χ1v) is 6.24. The zero-order valence-corrected chi connectivity index (χ0v) is 11.4. The third-order valence-electron chi connectivity index (χ3n) is 3.55. The van der Waals surface area contributed by atoms with E-state index in [4.69, 9.17) is 0 Å². The monoisotopic (exact) mass is 244 g/mol. The van der Waals surface area contributed by atoms with Gasteiger partial charge in [-0.1, -0.05) is 29.8 Å². The maximum absolute atomic E-state index is 10.2. The van der Waals surface area contributed by atoms with Crippen LogP contribution in [0.2, 0.25) is 0 Å². The van der Waals surface area contributed by atoms with Gasteiger partial charge in [0.15, 0.2) is 0 Å². The van der Waals surface area contributed by atoms with E-state index in [9.17, 15) is 5.11 Å². The molecule has 0 aliphatic rings. The lowest BCUT2D eigenvalue weighted by molar-refractivity contribution is 0.150. The first kappa shape index (κ1) is 12.8. The van der Waals surface area contributed by atoms with E-state index in [0.717, 1.165) is 17.0 Å². The topological polar surface area (TPSA) is 38.0 Å². The van der Waals surface area contributed by atoms with E-state index in [0.29, 0.717) is 6.54 Å². The Hall–Kier alpha value is -1.61. The first-order chi connectivity index (χ1) is 8.49. The number of aliphatic hydroxyl groups is 1. The molecule has 0 aliphatic carbocycles. The van der Waals surface area contributed by atoms with Crippen molar-refractivity contribution in [1.29, 1.82) is 0 Å². The van der Waals surface area contributed by atoms with E-state index in [1.807, 2.05) is 49.7 Å². The molecule has 3 nitrogen and oxygen atoms in total. The fourth-order valence-corrected chi connectivity index (χ4v) is 2.02. The number of aromatic nitrogens is 2. The summed E-state index contributed by atoms with van der Waals surface area (Å²) in [5.74, 6) is 0. The summed E-state index contributed by atoms with van der Waals surface area (Å²) in [5.41, 5.74) is 5.49. The van der Waals surface area contributed by atoms with E-state index >= 15 is 0 Å². The van der Waals surface area contributed by atoms with Crippen molar-refractivity contribution in [3.63, 3.8) is 0 Å². The fraction of sp³-hybridized carbons (Fsp3) is 0.400. The minimum atomic E-state index is -0.511. The van der Waals surface area contributed by atoms with Gasteiger partial charge in [0.2, 0.25) is 0 Å². The molecule has 0 amide bonds. The number of aryl methyl sites for hydroxylation is 2. The lowest BCUT2D eigenvalue weighted by Gasteiger charge is -2.13. The molecule has 2 aromatic rings. The van der Waals surface area contributed by atoms with Crippen molar-refractivity contribution in [3.05, 3.63) is 52.3 Å². The number of benzene rings is 1. The van der Waals surface area contributed by atoms with Crippen LogP contribution in [0.25, 0.3) is 0 Å². The van der Waals surface area contributed by atoms with Gasteiger partial charge in [0.1, 0.15) is 0 Å². The molecule has 0 aliphatic heterocycles. The normalized spacial score (nSPS) is 12.7. The molecule has 1 unspecified atom stereocenters. The lowest BCUT2D eigenvalue weighted by atomic mass is 10.1. The molecule has 1 N–H and O–H groups in total.